The molecule has 0 spiro atoms. The van der Waals surface area contributed by atoms with Crippen molar-refractivity contribution in [3.63, 3.8) is 0 Å². The molecule has 0 aliphatic heterocycles. The first kappa shape index (κ1) is 9.04. The summed E-state index contributed by atoms with van der Waals surface area (Å²) >= 11 is 0. The lowest BCUT2D eigenvalue weighted by Crippen LogP contribution is -1.93. The molecule has 0 aliphatic carbocycles. The molecule has 0 aromatic heterocycles. The van der Waals surface area contributed by atoms with E-state index in [1.165, 1.54) is 12.1 Å². The molecule has 0 heterocycles. The van der Waals surface area contributed by atoms with Crippen LogP contribution in [0.1, 0.15) is 30.9 Å². The van der Waals surface area contributed by atoms with Gasteiger partial charge in [-0.1, -0.05) is 13.8 Å². The van der Waals surface area contributed by atoms with Crippen molar-refractivity contribution in [3.8, 4) is 5.75 Å². The third-order valence-corrected chi connectivity index (χ3v) is 1.94. The van der Waals surface area contributed by atoms with Crippen LogP contribution in [0.3, 0.4) is 0 Å². The van der Waals surface area contributed by atoms with Gasteiger partial charge in [0.1, 0.15) is 11.6 Å². The van der Waals surface area contributed by atoms with Crippen molar-refractivity contribution in [2.45, 2.75) is 26.7 Å². The van der Waals surface area contributed by atoms with Gasteiger partial charge in [-0.25, -0.2) is 4.39 Å². The Morgan fingerprint density at radius 1 is 1.33 bits per heavy atom. The van der Waals surface area contributed by atoms with Crippen molar-refractivity contribution >= 4 is 0 Å². The van der Waals surface area contributed by atoms with Crippen LogP contribution in [0.25, 0.3) is 0 Å². The van der Waals surface area contributed by atoms with Gasteiger partial charge in [0, 0.05) is 0 Å². The van der Waals surface area contributed by atoms with Gasteiger partial charge in [-0.15, -0.1) is 0 Å². The number of hydrogen-bond acceptors (Lipinski definition) is 1. The summed E-state index contributed by atoms with van der Waals surface area (Å²) in [7, 11) is 0. The minimum absolute atomic E-state index is 0.108. The lowest BCUT2D eigenvalue weighted by molar-refractivity contribution is 0.466. The minimum Gasteiger partial charge on any atom is -0.508 e. The molecule has 0 saturated carbocycles. The van der Waals surface area contributed by atoms with Crippen LogP contribution in [0.5, 0.6) is 5.75 Å². The molecule has 0 fully saturated rings. The average Bonchev–Trinajstić information content (AvgIpc) is 1.96. The Balaban J connectivity index is 3.23. The summed E-state index contributed by atoms with van der Waals surface area (Å²) in [6.07, 6.45) is 0. The number of phenolic OH excluding ortho intramolecular Hbond substituents is 1. The number of rotatable bonds is 1. The molecule has 0 bridgehead atoms. The van der Waals surface area contributed by atoms with Crippen LogP contribution >= 0.6 is 0 Å². The molecule has 0 saturated heterocycles. The number of aromatic hydroxyl groups is 1. The Morgan fingerprint density at radius 3 is 2.42 bits per heavy atom. The summed E-state index contributed by atoms with van der Waals surface area (Å²) in [5, 5.41) is 9.31. The Kier molecular flexibility index (Phi) is 2.36. The predicted molar refractivity (Wildman–Crippen MR) is 46.9 cm³/mol. The van der Waals surface area contributed by atoms with E-state index in [0.29, 0.717) is 11.1 Å². The molecule has 0 unspecified atom stereocenters. The summed E-state index contributed by atoms with van der Waals surface area (Å²) in [4.78, 5) is 0. The molecule has 1 rings (SSSR count). The Bertz CT molecular complexity index is 292. The summed E-state index contributed by atoms with van der Waals surface area (Å²) in [6.45, 7) is 5.48. The number of hydrogen-bond donors (Lipinski definition) is 1. The smallest absolute Gasteiger partial charge is 0.127 e. The second kappa shape index (κ2) is 3.13. The summed E-state index contributed by atoms with van der Waals surface area (Å²) in [6, 6.07) is 2.86. The Morgan fingerprint density at radius 2 is 1.92 bits per heavy atom. The summed E-state index contributed by atoms with van der Waals surface area (Å²) < 4.78 is 13.2. The van der Waals surface area contributed by atoms with Crippen LogP contribution < -0.4 is 0 Å². The third kappa shape index (κ3) is 1.58. The van der Waals surface area contributed by atoms with Gasteiger partial charge in [-0.2, -0.15) is 0 Å². The van der Waals surface area contributed by atoms with Gasteiger partial charge in [0.25, 0.3) is 0 Å². The Hall–Kier alpha value is -1.05. The minimum atomic E-state index is -0.236. The average molecular weight is 168 g/mol. The van der Waals surface area contributed by atoms with Crippen molar-refractivity contribution in [2.75, 3.05) is 0 Å². The molecule has 66 valence electrons. The van der Waals surface area contributed by atoms with Gasteiger partial charge in [-0.05, 0) is 36.1 Å². The molecule has 1 N–H and O–H groups in total. The highest BCUT2D eigenvalue weighted by Crippen LogP contribution is 2.25. The van der Waals surface area contributed by atoms with E-state index in [9.17, 15) is 9.50 Å². The van der Waals surface area contributed by atoms with Crippen molar-refractivity contribution in [3.05, 3.63) is 29.1 Å². The molecule has 0 atom stereocenters. The van der Waals surface area contributed by atoms with Crippen molar-refractivity contribution < 1.29 is 9.50 Å². The highest BCUT2D eigenvalue weighted by atomic mass is 19.1. The fourth-order valence-electron chi connectivity index (χ4n) is 1.12. The van der Waals surface area contributed by atoms with Gasteiger partial charge in [0.15, 0.2) is 0 Å². The number of phenols is 1. The third-order valence-electron chi connectivity index (χ3n) is 1.94. The highest BCUT2D eigenvalue weighted by Gasteiger charge is 2.09. The van der Waals surface area contributed by atoms with Crippen LogP contribution in [0.4, 0.5) is 4.39 Å². The van der Waals surface area contributed by atoms with Gasteiger partial charge >= 0.3 is 0 Å². The van der Waals surface area contributed by atoms with Crippen LogP contribution in [-0.2, 0) is 0 Å². The number of halogens is 1. The van der Waals surface area contributed by atoms with E-state index < -0.39 is 0 Å². The molecule has 0 amide bonds. The van der Waals surface area contributed by atoms with E-state index in [1.54, 1.807) is 6.92 Å². The van der Waals surface area contributed by atoms with E-state index >= 15 is 0 Å². The second-order valence-electron chi connectivity index (χ2n) is 3.31. The molecule has 0 radical (unpaired) electrons. The maximum absolute atomic E-state index is 13.2. The molecular weight excluding hydrogens is 155 g/mol. The van der Waals surface area contributed by atoms with E-state index in [2.05, 4.69) is 0 Å². The maximum Gasteiger partial charge on any atom is 0.127 e. The van der Waals surface area contributed by atoms with Gasteiger partial charge in [-0.3, -0.25) is 0 Å². The largest absolute Gasteiger partial charge is 0.508 e. The predicted octanol–water partition coefficient (Wildman–Crippen LogP) is 2.96. The fraction of sp³-hybridized carbons (Fsp3) is 0.400. The Labute approximate surface area is 71.9 Å². The highest BCUT2D eigenvalue weighted by molar-refractivity contribution is 5.37. The number of benzene rings is 1. The lowest BCUT2D eigenvalue weighted by Gasteiger charge is -2.08. The second-order valence-corrected chi connectivity index (χ2v) is 3.31. The molecule has 1 aromatic rings. The monoisotopic (exact) mass is 168 g/mol. The van der Waals surface area contributed by atoms with E-state index in [4.69, 9.17) is 0 Å². The molecule has 1 nitrogen and oxygen atoms in total. The quantitative estimate of drug-likeness (QED) is 0.683. The zero-order valence-electron chi connectivity index (χ0n) is 7.56. The lowest BCUT2D eigenvalue weighted by atomic mass is 10.0. The van der Waals surface area contributed by atoms with Crippen molar-refractivity contribution in [1.82, 2.24) is 0 Å². The standard InChI is InChI=1S/C10H13FO/c1-6(2)8-5-10(12)7(3)4-9(8)11/h4-6,12H,1-3H3. The van der Waals surface area contributed by atoms with E-state index in [-0.39, 0.29) is 17.5 Å². The normalized spacial score (nSPS) is 10.8. The maximum atomic E-state index is 13.2. The van der Waals surface area contributed by atoms with Gasteiger partial charge in [0.05, 0.1) is 0 Å². The molecule has 12 heavy (non-hydrogen) atoms. The summed E-state index contributed by atoms with van der Waals surface area (Å²) in [5.74, 6) is 0.0388. The fourth-order valence-corrected chi connectivity index (χ4v) is 1.12. The van der Waals surface area contributed by atoms with Crippen molar-refractivity contribution in [1.29, 1.82) is 0 Å². The molecule has 2 heteroatoms. The van der Waals surface area contributed by atoms with Crippen LogP contribution in [0, 0.1) is 12.7 Å². The first-order valence-electron chi connectivity index (χ1n) is 4.01. The first-order chi connectivity index (χ1) is 5.52. The molecule has 1 aromatic carbocycles. The van der Waals surface area contributed by atoms with Crippen molar-refractivity contribution in [2.24, 2.45) is 0 Å². The summed E-state index contributed by atoms with van der Waals surface area (Å²) in [5.41, 5.74) is 1.15. The van der Waals surface area contributed by atoms with Gasteiger partial charge in [0.2, 0.25) is 0 Å². The first-order valence-corrected chi connectivity index (χ1v) is 4.01. The SMILES string of the molecule is Cc1cc(F)c(C(C)C)cc1O. The van der Waals surface area contributed by atoms with E-state index in [0.717, 1.165) is 0 Å². The van der Waals surface area contributed by atoms with E-state index in [1.807, 2.05) is 13.8 Å². The number of aryl methyl sites for hydroxylation is 1. The zero-order chi connectivity index (χ0) is 9.30. The molecular formula is C10H13FO. The topological polar surface area (TPSA) is 20.2 Å². The zero-order valence-corrected chi connectivity index (χ0v) is 7.56. The van der Waals surface area contributed by atoms with Crippen LogP contribution in [0.2, 0.25) is 0 Å². The van der Waals surface area contributed by atoms with Gasteiger partial charge < -0.3 is 5.11 Å². The van der Waals surface area contributed by atoms with Crippen LogP contribution in [-0.4, -0.2) is 5.11 Å². The van der Waals surface area contributed by atoms with Crippen LogP contribution in [0.15, 0.2) is 12.1 Å². The molecule has 0 aliphatic rings.